The number of halogens is 2. The van der Waals surface area contributed by atoms with Crippen molar-refractivity contribution in [3.63, 3.8) is 0 Å². The molecule has 0 saturated heterocycles. The van der Waals surface area contributed by atoms with E-state index in [1.54, 1.807) is 0 Å². The summed E-state index contributed by atoms with van der Waals surface area (Å²) in [5.41, 5.74) is 1.80. The Labute approximate surface area is 142 Å². The minimum absolute atomic E-state index is 0.540. The van der Waals surface area contributed by atoms with E-state index in [0.717, 1.165) is 21.1 Å². The van der Waals surface area contributed by atoms with Gasteiger partial charge >= 0.3 is 0 Å². The van der Waals surface area contributed by atoms with E-state index in [0.29, 0.717) is 5.41 Å². The molecule has 118 valence electrons. The number of thiophene rings is 1. The Morgan fingerprint density at radius 2 is 1.90 bits per heavy atom. The number of rotatable bonds is 7. The standard InChI is InChI=1S/C17H25Cl2NS/c18-15-12-13(16(19)21-15)6-9-17(7-2-1-3-8-17)10-11-20-14-4-5-14/h12,14,20H,1-11H2. The Bertz CT molecular complexity index is 461. The van der Waals surface area contributed by atoms with Crippen LogP contribution in [0.2, 0.25) is 8.67 Å². The van der Waals surface area contributed by atoms with E-state index in [9.17, 15) is 0 Å². The van der Waals surface area contributed by atoms with Crippen LogP contribution < -0.4 is 5.32 Å². The van der Waals surface area contributed by atoms with Crippen LogP contribution in [0.15, 0.2) is 6.07 Å². The smallest absolute Gasteiger partial charge is 0.0976 e. The van der Waals surface area contributed by atoms with E-state index in [1.165, 1.54) is 81.2 Å². The summed E-state index contributed by atoms with van der Waals surface area (Å²) in [6, 6.07) is 2.89. The third-order valence-corrected chi connectivity index (χ3v) is 6.80. The average molecular weight is 346 g/mol. The van der Waals surface area contributed by atoms with Crippen molar-refractivity contribution in [2.24, 2.45) is 5.41 Å². The van der Waals surface area contributed by atoms with Crippen LogP contribution in [0.3, 0.4) is 0 Å². The highest BCUT2D eigenvalue weighted by molar-refractivity contribution is 7.20. The van der Waals surface area contributed by atoms with Gasteiger partial charge in [0.2, 0.25) is 0 Å². The first-order chi connectivity index (χ1) is 10.2. The molecule has 21 heavy (non-hydrogen) atoms. The van der Waals surface area contributed by atoms with E-state index in [2.05, 4.69) is 11.4 Å². The predicted molar refractivity (Wildman–Crippen MR) is 93.8 cm³/mol. The van der Waals surface area contributed by atoms with Gasteiger partial charge in [-0.3, -0.25) is 0 Å². The van der Waals surface area contributed by atoms with Gasteiger partial charge in [-0.1, -0.05) is 42.5 Å². The lowest BCUT2D eigenvalue weighted by Crippen LogP contribution is -2.30. The summed E-state index contributed by atoms with van der Waals surface area (Å²) in [6.45, 7) is 1.20. The molecule has 1 nitrogen and oxygen atoms in total. The Kier molecular flexibility index (Phi) is 5.53. The number of hydrogen-bond donors (Lipinski definition) is 1. The second-order valence-electron chi connectivity index (χ2n) is 6.89. The van der Waals surface area contributed by atoms with Gasteiger partial charge < -0.3 is 5.32 Å². The fourth-order valence-corrected chi connectivity index (χ4v) is 5.24. The summed E-state index contributed by atoms with van der Waals surface area (Å²) >= 11 is 13.9. The molecule has 0 atom stereocenters. The zero-order valence-corrected chi connectivity index (χ0v) is 14.9. The van der Waals surface area contributed by atoms with Crippen molar-refractivity contribution in [2.75, 3.05) is 6.54 Å². The zero-order valence-electron chi connectivity index (χ0n) is 12.6. The quantitative estimate of drug-likeness (QED) is 0.631. The maximum Gasteiger partial charge on any atom is 0.0976 e. The van der Waals surface area contributed by atoms with Crippen LogP contribution in [-0.2, 0) is 6.42 Å². The van der Waals surface area contributed by atoms with Gasteiger partial charge in [0.05, 0.1) is 8.67 Å². The van der Waals surface area contributed by atoms with Gasteiger partial charge in [-0.05, 0) is 68.5 Å². The van der Waals surface area contributed by atoms with E-state index < -0.39 is 0 Å². The number of nitrogens with one attached hydrogen (secondary N) is 1. The molecule has 1 aromatic heterocycles. The monoisotopic (exact) mass is 345 g/mol. The molecule has 1 aromatic rings. The lowest BCUT2D eigenvalue weighted by Gasteiger charge is -2.38. The van der Waals surface area contributed by atoms with Gasteiger partial charge in [-0.2, -0.15) is 0 Å². The number of aryl methyl sites for hydroxylation is 1. The Balaban J connectivity index is 1.56. The highest BCUT2D eigenvalue weighted by atomic mass is 35.5. The summed E-state index contributed by atoms with van der Waals surface area (Å²) in [6.07, 6.45) is 13.5. The first kappa shape index (κ1) is 16.1. The average Bonchev–Trinajstić information content (AvgIpc) is 3.23. The topological polar surface area (TPSA) is 12.0 Å². The number of hydrogen-bond acceptors (Lipinski definition) is 2. The van der Waals surface area contributed by atoms with E-state index in [1.807, 2.05) is 0 Å². The van der Waals surface area contributed by atoms with Crippen LogP contribution in [0.25, 0.3) is 0 Å². The highest BCUT2D eigenvalue weighted by Crippen LogP contribution is 2.44. The van der Waals surface area contributed by atoms with E-state index in [4.69, 9.17) is 23.2 Å². The van der Waals surface area contributed by atoms with Gasteiger partial charge in [-0.15, -0.1) is 11.3 Å². The second kappa shape index (κ2) is 7.21. The van der Waals surface area contributed by atoms with E-state index >= 15 is 0 Å². The first-order valence-electron chi connectivity index (χ1n) is 8.34. The normalized spacial score (nSPS) is 21.6. The molecule has 0 radical (unpaired) electrons. The molecule has 1 N–H and O–H groups in total. The maximum atomic E-state index is 6.28. The van der Waals surface area contributed by atoms with Gasteiger partial charge in [-0.25, -0.2) is 0 Å². The van der Waals surface area contributed by atoms with Crippen molar-refractivity contribution in [2.45, 2.75) is 70.3 Å². The highest BCUT2D eigenvalue weighted by Gasteiger charge is 2.32. The Morgan fingerprint density at radius 3 is 2.52 bits per heavy atom. The Hall–Kier alpha value is 0.240. The van der Waals surface area contributed by atoms with Crippen molar-refractivity contribution in [3.05, 3.63) is 20.3 Å². The fraction of sp³-hybridized carbons (Fsp3) is 0.765. The Morgan fingerprint density at radius 1 is 1.14 bits per heavy atom. The summed E-state index contributed by atoms with van der Waals surface area (Å²) in [4.78, 5) is 0. The fourth-order valence-electron chi connectivity index (χ4n) is 3.70. The molecule has 0 spiro atoms. The summed E-state index contributed by atoms with van der Waals surface area (Å²) < 4.78 is 1.71. The molecule has 0 unspecified atom stereocenters. The first-order valence-corrected chi connectivity index (χ1v) is 9.91. The molecule has 3 rings (SSSR count). The molecule has 2 fully saturated rings. The van der Waals surface area contributed by atoms with Crippen molar-refractivity contribution < 1.29 is 0 Å². The summed E-state index contributed by atoms with van der Waals surface area (Å²) in [5.74, 6) is 0. The van der Waals surface area contributed by atoms with Crippen LogP contribution in [0.4, 0.5) is 0 Å². The lowest BCUT2D eigenvalue weighted by molar-refractivity contribution is 0.156. The van der Waals surface area contributed by atoms with Gasteiger partial charge in [0.25, 0.3) is 0 Å². The SMILES string of the molecule is Clc1cc(CCC2(CCNC3CC3)CCCCC2)c(Cl)s1. The lowest BCUT2D eigenvalue weighted by atomic mass is 9.68. The summed E-state index contributed by atoms with van der Waals surface area (Å²) in [5, 5.41) is 3.70. The van der Waals surface area contributed by atoms with E-state index in [-0.39, 0.29) is 0 Å². The molecule has 0 aromatic carbocycles. The minimum atomic E-state index is 0.540. The van der Waals surface area contributed by atoms with Gasteiger partial charge in [0.1, 0.15) is 0 Å². The third-order valence-electron chi connectivity index (χ3n) is 5.23. The maximum absolute atomic E-state index is 6.28. The minimum Gasteiger partial charge on any atom is -0.314 e. The molecule has 2 saturated carbocycles. The van der Waals surface area contributed by atoms with Crippen LogP contribution in [0, 0.1) is 5.41 Å². The third kappa shape index (κ3) is 4.60. The molecule has 1 heterocycles. The molecule has 4 heteroatoms. The van der Waals surface area contributed by atoms with Crippen molar-refractivity contribution in [1.82, 2.24) is 5.32 Å². The van der Waals surface area contributed by atoms with Crippen LogP contribution >= 0.6 is 34.5 Å². The van der Waals surface area contributed by atoms with Gasteiger partial charge in [0.15, 0.2) is 0 Å². The van der Waals surface area contributed by atoms with Crippen molar-refractivity contribution >= 4 is 34.5 Å². The van der Waals surface area contributed by atoms with Gasteiger partial charge in [0, 0.05) is 6.04 Å². The van der Waals surface area contributed by atoms with Crippen LogP contribution in [-0.4, -0.2) is 12.6 Å². The zero-order chi connectivity index (χ0) is 14.7. The molecular weight excluding hydrogens is 321 g/mol. The molecule has 0 amide bonds. The summed E-state index contributed by atoms with van der Waals surface area (Å²) in [7, 11) is 0. The second-order valence-corrected chi connectivity index (χ2v) is 9.17. The largest absolute Gasteiger partial charge is 0.314 e. The van der Waals surface area contributed by atoms with Crippen LogP contribution in [0.1, 0.15) is 63.4 Å². The molecule has 2 aliphatic rings. The molecule has 0 aliphatic heterocycles. The molecular formula is C17H25Cl2NS. The molecule has 2 aliphatic carbocycles. The van der Waals surface area contributed by atoms with Crippen LogP contribution in [0.5, 0.6) is 0 Å². The van der Waals surface area contributed by atoms with Crippen molar-refractivity contribution in [3.8, 4) is 0 Å². The predicted octanol–water partition coefficient (Wildman–Crippen LogP) is 6.08. The van der Waals surface area contributed by atoms with Crippen molar-refractivity contribution in [1.29, 1.82) is 0 Å². The molecule has 0 bridgehead atoms.